The van der Waals surface area contributed by atoms with Crippen molar-refractivity contribution in [2.75, 3.05) is 32.0 Å². The molecule has 0 amide bonds. The third kappa shape index (κ3) is 2.94. The van der Waals surface area contributed by atoms with E-state index >= 15 is 0 Å². The molecular formula is C17H20N2O. The van der Waals surface area contributed by atoms with Crippen LogP contribution in [0.1, 0.15) is 11.5 Å². The fourth-order valence-electron chi connectivity index (χ4n) is 2.59. The van der Waals surface area contributed by atoms with E-state index in [1.807, 2.05) is 24.3 Å². The fraction of sp³-hybridized carbons (Fsp3) is 0.294. The van der Waals surface area contributed by atoms with Gasteiger partial charge in [0.15, 0.2) is 0 Å². The van der Waals surface area contributed by atoms with Crippen LogP contribution in [0.4, 0.5) is 5.69 Å². The number of hydrogen-bond acceptors (Lipinski definition) is 3. The Balaban J connectivity index is 1.41. The van der Waals surface area contributed by atoms with Gasteiger partial charge in [0.05, 0.1) is 5.69 Å². The molecule has 0 saturated carbocycles. The molecule has 0 spiro atoms. The maximum Gasteiger partial charge on any atom is 0.142 e. The van der Waals surface area contributed by atoms with Gasteiger partial charge in [-0.25, -0.2) is 0 Å². The van der Waals surface area contributed by atoms with E-state index in [0.29, 0.717) is 18.2 Å². The first-order valence-electron chi connectivity index (χ1n) is 7.07. The maximum absolute atomic E-state index is 5.84. The van der Waals surface area contributed by atoms with E-state index in [4.69, 9.17) is 10.5 Å². The maximum atomic E-state index is 5.84. The average molecular weight is 268 g/mol. The van der Waals surface area contributed by atoms with Gasteiger partial charge in [-0.3, -0.25) is 4.90 Å². The van der Waals surface area contributed by atoms with Crippen LogP contribution in [0.5, 0.6) is 5.75 Å². The van der Waals surface area contributed by atoms with Crippen LogP contribution >= 0.6 is 0 Å². The summed E-state index contributed by atoms with van der Waals surface area (Å²) in [7, 11) is 0. The van der Waals surface area contributed by atoms with Crippen molar-refractivity contribution >= 4 is 5.69 Å². The lowest BCUT2D eigenvalue weighted by molar-refractivity contribution is 0.122. The quantitative estimate of drug-likeness (QED) is 0.847. The molecule has 2 aromatic carbocycles. The zero-order chi connectivity index (χ0) is 13.8. The number of benzene rings is 2. The SMILES string of the molecule is Nc1ccccc1OCCN1CC(c2ccccc2)C1. The largest absolute Gasteiger partial charge is 0.490 e. The molecular weight excluding hydrogens is 248 g/mol. The summed E-state index contributed by atoms with van der Waals surface area (Å²) in [5.74, 6) is 1.46. The molecule has 1 heterocycles. The number of hydrogen-bond donors (Lipinski definition) is 1. The van der Waals surface area contributed by atoms with E-state index in [1.54, 1.807) is 0 Å². The standard InChI is InChI=1S/C17H20N2O/c18-16-8-4-5-9-17(16)20-11-10-19-12-15(13-19)14-6-2-1-3-7-14/h1-9,15H,10-13,18H2. The molecule has 0 atom stereocenters. The lowest BCUT2D eigenvalue weighted by Crippen LogP contribution is -2.46. The first kappa shape index (κ1) is 13.0. The molecule has 20 heavy (non-hydrogen) atoms. The van der Waals surface area contributed by atoms with Crippen molar-refractivity contribution in [3.63, 3.8) is 0 Å². The number of para-hydroxylation sites is 2. The molecule has 2 N–H and O–H groups in total. The minimum atomic E-state index is 0.679. The van der Waals surface area contributed by atoms with Gasteiger partial charge in [0.25, 0.3) is 0 Å². The molecule has 0 radical (unpaired) electrons. The molecule has 1 aliphatic heterocycles. The summed E-state index contributed by atoms with van der Waals surface area (Å²) in [5.41, 5.74) is 7.99. The number of nitrogens with zero attached hydrogens (tertiary/aromatic N) is 1. The van der Waals surface area contributed by atoms with Gasteiger partial charge in [-0.2, -0.15) is 0 Å². The highest BCUT2D eigenvalue weighted by atomic mass is 16.5. The lowest BCUT2D eigenvalue weighted by Gasteiger charge is -2.39. The second kappa shape index (κ2) is 5.97. The molecule has 3 nitrogen and oxygen atoms in total. The third-order valence-electron chi connectivity index (χ3n) is 3.81. The van der Waals surface area contributed by atoms with Gasteiger partial charge >= 0.3 is 0 Å². The Bertz CT molecular complexity index is 550. The summed E-state index contributed by atoms with van der Waals surface area (Å²) in [5, 5.41) is 0. The molecule has 2 aromatic rings. The minimum Gasteiger partial charge on any atom is -0.490 e. The molecule has 3 rings (SSSR count). The summed E-state index contributed by atoms with van der Waals surface area (Å²) < 4.78 is 5.72. The number of nitrogen functional groups attached to an aromatic ring is 1. The van der Waals surface area contributed by atoms with Crippen molar-refractivity contribution in [3.05, 3.63) is 60.2 Å². The van der Waals surface area contributed by atoms with Crippen molar-refractivity contribution in [1.82, 2.24) is 4.90 Å². The Morgan fingerprint density at radius 3 is 2.45 bits per heavy atom. The van der Waals surface area contributed by atoms with Crippen LogP contribution in [0.3, 0.4) is 0 Å². The van der Waals surface area contributed by atoms with Gasteiger partial charge in [0.2, 0.25) is 0 Å². The van der Waals surface area contributed by atoms with E-state index in [0.717, 1.165) is 25.4 Å². The van der Waals surface area contributed by atoms with Gasteiger partial charge in [-0.05, 0) is 17.7 Å². The van der Waals surface area contributed by atoms with Crippen molar-refractivity contribution < 1.29 is 4.74 Å². The third-order valence-corrected chi connectivity index (χ3v) is 3.81. The predicted octanol–water partition coefficient (Wildman–Crippen LogP) is 2.75. The first-order chi connectivity index (χ1) is 9.83. The Hall–Kier alpha value is -2.00. The minimum absolute atomic E-state index is 0.679. The molecule has 0 aromatic heterocycles. The second-order valence-electron chi connectivity index (χ2n) is 5.25. The van der Waals surface area contributed by atoms with Crippen LogP contribution in [0, 0.1) is 0 Å². The van der Waals surface area contributed by atoms with E-state index < -0.39 is 0 Å². The molecule has 0 aliphatic carbocycles. The number of rotatable bonds is 5. The Morgan fingerprint density at radius 1 is 1.00 bits per heavy atom. The van der Waals surface area contributed by atoms with Gasteiger partial charge in [0.1, 0.15) is 12.4 Å². The summed E-state index contributed by atoms with van der Waals surface area (Å²) in [6, 6.07) is 18.4. The smallest absolute Gasteiger partial charge is 0.142 e. The highest BCUT2D eigenvalue weighted by Crippen LogP contribution is 2.26. The predicted molar refractivity (Wildman–Crippen MR) is 82.0 cm³/mol. The average Bonchev–Trinajstić information content (AvgIpc) is 2.44. The second-order valence-corrected chi connectivity index (χ2v) is 5.25. The van der Waals surface area contributed by atoms with Crippen LogP contribution in [-0.2, 0) is 0 Å². The monoisotopic (exact) mass is 268 g/mol. The molecule has 3 heteroatoms. The zero-order valence-corrected chi connectivity index (χ0v) is 11.5. The molecule has 104 valence electrons. The first-order valence-corrected chi connectivity index (χ1v) is 7.07. The fourth-order valence-corrected chi connectivity index (χ4v) is 2.59. The number of nitrogens with two attached hydrogens (primary N) is 1. The normalized spacial score (nSPS) is 15.8. The highest BCUT2D eigenvalue weighted by Gasteiger charge is 2.27. The molecule has 0 unspecified atom stereocenters. The molecule has 1 saturated heterocycles. The van der Waals surface area contributed by atoms with E-state index in [1.165, 1.54) is 5.56 Å². The molecule has 0 bridgehead atoms. The van der Waals surface area contributed by atoms with E-state index in [2.05, 4.69) is 35.2 Å². The molecule has 1 fully saturated rings. The highest BCUT2D eigenvalue weighted by molar-refractivity contribution is 5.51. The van der Waals surface area contributed by atoms with Crippen molar-refractivity contribution in [3.8, 4) is 5.75 Å². The lowest BCUT2D eigenvalue weighted by atomic mass is 9.92. The Labute approximate surface area is 120 Å². The Kier molecular flexibility index (Phi) is 3.88. The van der Waals surface area contributed by atoms with Gasteiger partial charge < -0.3 is 10.5 Å². The summed E-state index contributed by atoms with van der Waals surface area (Å²) in [6.07, 6.45) is 0. The van der Waals surface area contributed by atoms with Gasteiger partial charge in [-0.15, -0.1) is 0 Å². The van der Waals surface area contributed by atoms with Crippen molar-refractivity contribution in [1.29, 1.82) is 0 Å². The van der Waals surface area contributed by atoms with Crippen LogP contribution in [-0.4, -0.2) is 31.1 Å². The van der Waals surface area contributed by atoms with Crippen molar-refractivity contribution in [2.45, 2.75) is 5.92 Å². The summed E-state index contributed by atoms with van der Waals surface area (Å²) in [6.45, 7) is 3.89. The van der Waals surface area contributed by atoms with E-state index in [9.17, 15) is 0 Å². The Morgan fingerprint density at radius 2 is 1.70 bits per heavy atom. The van der Waals surface area contributed by atoms with Crippen LogP contribution in [0.25, 0.3) is 0 Å². The summed E-state index contributed by atoms with van der Waals surface area (Å²) in [4.78, 5) is 2.41. The topological polar surface area (TPSA) is 38.5 Å². The summed E-state index contributed by atoms with van der Waals surface area (Å²) >= 11 is 0. The van der Waals surface area contributed by atoms with Crippen LogP contribution in [0.15, 0.2) is 54.6 Å². The van der Waals surface area contributed by atoms with Gasteiger partial charge in [-0.1, -0.05) is 42.5 Å². The number of likely N-dealkylation sites (tertiary alicyclic amines) is 1. The zero-order valence-electron chi connectivity index (χ0n) is 11.5. The number of anilines is 1. The van der Waals surface area contributed by atoms with Crippen molar-refractivity contribution in [2.24, 2.45) is 0 Å². The van der Waals surface area contributed by atoms with Crippen LogP contribution < -0.4 is 10.5 Å². The number of ether oxygens (including phenoxy) is 1. The van der Waals surface area contributed by atoms with Crippen LogP contribution in [0.2, 0.25) is 0 Å². The van der Waals surface area contributed by atoms with E-state index in [-0.39, 0.29) is 0 Å². The molecule has 1 aliphatic rings. The van der Waals surface area contributed by atoms with Gasteiger partial charge in [0, 0.05) is 25.6 Å².